The summed E-state index contributed by atoms with van der Waals surface area (Å²) in [6, 6.07) is 16.7. The average Bonchev–Trinajstić information content (AvgIpc) is 3.75. The van der Waals surface area contributed by atoms with Gasteiger partial charge in [-0.2, -0.15) is 5.10 Å². The van der Waals surface area contributed by atoms with Gasteiger partial charge in [0.15, 0.2) is 11.4 Å². The third kappa shape index (κ3) is 10.0. The molecular formula is C44H48F2N8O5. The lowest BCUT2D eigenvalue weighted by atomic mass is 9.86. The van der Waals surface area contributed by atoms with Crippen LogP contribution in [-0.2, 0) is 17.6 Å². The highest BCUT2D eigenvalue weighted by molar-refractivity contribution is 6.11. The van der Waals surface area contributed by atoms with Crippen LogP contribution in [0.4, 0.5) is 20.3 Å². The normalized spacial score (nSPS) is 17.7. The Balaban J connectivity index is 0.760. The molecule has 4 N–H and O–H groups in total. The highest BCUT2D eigenvalue weighted by atomic mass is 19.3. The molecule has 0 radical (unpaired) electrons. The second-order valence-electron chi connectivity index (χ2n) is 15.7. The van der Waals surface area contributed by atoms with Gasteiger partial charge in [-0.1, -0.05) is 36.8 Å². The molecule has 0 spiro atoms. The minimum absolute atomic E-state index is 0.0271. The van der Waals surface area contributed by atoms with Gasteiger partial charge in [-0.05, 0) is 118 Å². The number of anilines is 2. The van der Waals surface area contributed by atoms with Crippen LogP contribution in [0, 0.1) is 11.8 Å². The van der Waals surface area contributed by atoms with Crippen molar-refractivity contribution in [2.24, 2.45) is 11.8 Å². The van der Waals surface area contributed by atoms with Crippen LogP contribution in [0.3, 0.4) is 0 Å². The number of halogens is 2. The van der Waals surface area contributed by atoms with E-state index >= 15 is 0 Å². The van der Waals surface area contributed by atoms with Gasteiger partial charge in [-0.3, -0.25) is 24.4 Å². The molecule has 8 rings (SSSR count). The summed E-state index contributed by atoms with van der Waals surface area (Å²) in [5, 5.41) is 16.1. The average molecular weight is 807 g/mol. The zero-order valence-corrected chi connectivity index (χ0v) is 32.7. The van der Waals surface area contributed by atoms with E-state index in [1.165, 1.54) is 25.3 Å². The first-order valence-corrected chi connectivity index (χ1v) is 20.5. The number of pyridine rings is 1. The van der Waals surface area contributed by atoms with E-state index in [0.717, 1.165) is 76.6 Å². The Bertz CT molecular complexity index is 2280. The summed E-state index contributed by atoms with van der Waals surface area (Å²) in [7, 11) is 0. The molecule has 4 heterocycles. The predicted octanol–water partition coefficient (Wildman–Crippen LogP) is 8.28. The molecule has 308 valence electrons. The van der Waals surface area contributed by atoms with Gasteiger partial charge in [0.2, 0.25) is 11.8 Å². The number of nitrogens with one attached hydrogen (secondary N) is 4. The van der Waals surface area contributed by atoms with Gasteiger partial charge >= 0.3 is 0 Å². The molecule has 0 unspecified atom stereocenters. The number of fused-ring (bicyclic) bond motifs is 1. The van der Waals surface area contributed by atoms with Crippen LogP contribution >= 0.6 is 0 Å². The fourth-order valence-corrected chi connectivity index (χ4v) is 7.84. The van der Waals surface area contributed by atoms with Crippen LogP contribution in [0.2, 0.25) is 0 Å². The van der Waals surface area contributed by atoms with Crippen molar-refractivity contribution < 1.29 is 32.3 Å². The summed E-state index contributed by atoms with van der Waals surface area (Å²) in [5.74, 6) is 1.82. The maximum atomic E-state index is 14.1. The second-order valence-corrected chi connectivity index (χ2v) is 15.7. The zero-order chi connectivity index (χ0) is 40.7. The van der Waals surface area contributed by atoms with Crippen molar-refractivity contribution >= 4 is 29.2 Å². The molecule has 2 saturated carbocycles. The molecule has 5 aromatic rings. The maximum Gasteiger partial charge on any atom is 0.284 e. The van der Waals surface area contributed by atoms with Gasteiger partial charge < -0.3 is 25.1 Å². The van der Waals surface area contributed by atoms with Crippen molar-refractivity contribution in [1.29, 1.82) is 0 Å². The smallest absolute Gasteiger partial charge is 0.284 e. The molecule has 2 aliphatic carbocycles. The van der Waals surface area contributed by atoms with Crippen molar-refractivity contribution in [3.05, 3.63) is 101 Å². The highest BCUT2D eigenvalue weighted by Gasteiger charge is 2.29. The van der Waals surface area contributed by atoms with E-state index in [1.807, 2.05) is 24.3 Å². The molecule has 2 fully saturated rings. The van der Waals surface area contributed by atoms with Crippen molar-refractivity contribution in [2.45, 2.75) is 83.1 Å². The number of hydrogen-bond acceptors (Lipinski definition) is 10. The number of unbranched alkanes of at least 4 members (excludes halogenated alkanes) is 2. The summed E-state index contributed by atoms with van der Waals surface area (Å²) in [6.45, 7) is 2.64. The van der Waals surface area contributed by atoms with E-state index < -0.39 is 23.9 Å². The van der Waals surface area contributed by atoms with Crippen molar-refractivity contribution in [3.63, 3.8) is 0 Å². The lowest BCUT2D eigenvalue weighted by molar-refractivity contribution is -0.119. The summed E-state index contributed by atoms with van der Waals surface area (Å²) < 4.78 is 41.6. The molecule has 3 aliphatic rings. The van der Waals surface area contributed by atoms with Crippen LogP contribution in [0.1, 0.15) is 108 Å². The SMILES string of the molecule is O=C1Cc2cccc(Oc3ccccc3CCCCCNC[C@H]3CC[C@H](n4cc(NC(=O)c5coc(-c6ccnc(NCC7CC7)c6)n5)c(C(F)F)n4)CC3)c2C(=O)N1. The Morgan fingerprint density at radius 2 is 1.75 bits per heavy atom. The molecule has 3 amide bonds. The standard InChI is InChI=1S/C44H48F2N8O5/c45-41(46)40-33(50-42(56)34-26-58-44(51-34)31-18-20-48-37(21-31)49-24-28-12-13-28)25-54(53-40)32-16-14-27(15-17-32)23-47-19-5-1-2-7-29-8-3-4-10-35(29)59-36-11-6-9-30-22-38(55)52-43(57)39(30)36/h3-4,6,8-11,18,20-21,25-28,32,41,47H,1-2,5,7,12-17,19,22-24H2,(H,48,49)(H,50,56)(H,52,55,57)/t27-,32-. The zero-order valence-electron chi connectivity index (χ0n) is 32.7. The number of hydrogen-bond donors (Lipinski definition) is 4. The third-order valence-electron chi connectivity index (χ3n) is 11.3. The fourth-order valence-electron chi connectivity index (χ4n) is 7.84. The fraction of sp³-hybridized carbons (Fsp3) is 0.409. The summed E-state index contributed by atoms with van der Waals surface area (Å²) >= 11 is 0. The first-order valence-electron chi connectivity index (χ1n) is 20.5. The lowest BCUT2D eigenvalue weighted by Crippen LogP contribution is -2.37. The van der Waals surface area contributed by atoms with Gasteiger partial charge in [0.25, 0.3) is 18.2 Å². The Labute approximate surface area is 340 Å². The number of aromatic nitrogens is 4. The number of rotatable bonds is 18. The monoisotopic (exact) mass is 806 g/mol. The van der Waals surface area contributed by atoms with E-state index in [9.17, 15) is 23.2 Å². The van der Waals surface area contributed by atoms with E-state index in [1.54, 1.807) is 41.2 Å². The van der Waals surface area contributed by atoms with Gasteiger partial charge in [0, 0.05) is 24.5 Å². The molecule has 0 bridgehead atoms. The number of benzene rings is 2. The van der Waals surface area contributed by atoms with Gasteiger partial charge in [0.1, 0.15) is 23.6 Å². The van der Waals surface area contributed by atoms with Crippen LogP contribution in [0.15, 0.2) is 77.7 Å². The number of imide groups is 1. The summed E-state index contributed by atoms with van der Waals surface area (Å²) in [6.07, 6.45) is 11.4. The van der Waals surface area contributed by atoms with Crippen LogP contribution in [0.5, 0.6) is 11.5 Å². The summed E-state index contributed by atoms with van der Waals surface area (Å²) in [5.41, 5.74) is 2.25. The van der Waals surface area contributed by atoms with E-state index in [4.69, 9.17) is 9.15 Å². The number of oxazole rings is 1. The van der Waals surface area contributed by atoms with Gasteiger partial charge in [-0.15, -0.1) is 0 Å². The van der Waals surface area contributed by atoms with Crippen molar-refractivity contribution in [2.75, 3.05) is 30.3 Å². The van der Waals surface area contributed by atoms with Crippen LogP contribution in [-0.4, -0.2) is 57.1 Å². The molecule has 0 atom stereocenters. The van der Waals surface area contributed by atoms with E-state index in [0.29, 0.717) is 45.8 Å². The quantitative estimate of drug-likeness (QED) is 0.0500. The largest absolute Gasteiger partial charge is 0.456 e. The molecular weight excluding hydrogens is 759 g/mol. The molecule has 1 aliphatic heterocycles. The van der Waals surface area contributed by atoms with Crippen LogP contribution < -0.4 is 26.0 Å². The predicted molar refractivity (Wildman–Crippen MR) is 217 cm³/mol. The molecule has 13 nitrogen and oxygen atoms in total. The number of aryl methyl sites for hydroxylation is 1. The first-order chi connectivity index (χ1) is 28.8. The maximum absolute atomic E-state index is 14.1. The van der Waals surface area contributed by atoms with E-state index in [-0.39, 0.29) is 35.6 Å². The minimum Gasteiger partial charge on any atom is -0.456 e. The van der Waals surface area contributed by atoms with Crippen molar-refractivity contribution in [3.8, 4) is 23.0 Å². The van der Waals surface area contributed by atoms with E-state index in [2.05, 4.69) is 36.3 Å². The molecule has 59 heavy (non-hydrogen) atoms. The Hall–Kier alpha value is -5.96. The Kier molecular flexibility index (Phi) is 12.4. The van der Waals surface area contributed by atoms with Gasteiger partial charge in [0.05, 0.1) is 23.7 Å². The number of amides is 3. The minimum atomic E-state index is -2.86. The molecule has 0 saturated heterocycles. The number of ether oxygens (including phenoxy) is 1. The Morgan fingerprint density at radius 3 is 2.58 bits per heavy atom. The number of alkyl halides is 2. The van der Waals surface area contributed by atoms with Crippen molar-refractivity contribution in [1.82, 2.24) is 30.4 Å². The summed E-state index contributed by atoms with van der Waals surface area (Å²) in [4.78, 5) is 46.2. The number of carbonyl (C=O) groups is 3. The molecule has 15 heteroatoms. The molecule has 3 aromatic heterocycles. The van der Waals surface area contributed by atoms with Gasteiger partial charge in [-0.25, -0.2) is 18.7 Å². The Morgan fingerprint density at radius 1 is 0.949 bits per heavy atom. The lowest BCUT2D eigenvalue weighted by Gasteiger charge is -2.29. The van der Waals surface area contributed by atoms with Crippen LogP contribution in [0.25, 0.3) is 11.5 Å². The topological polar surface area (TPSA) is 165 Å². The number of carbonyl (C=O) groups excluding carboxylic acids is 3. The highest BCUT2D eigenvalue weighted by Crippen LogP contribution is 2.36. The first kappa shape index (κ1) is 39.8. The molecule has 2 aromatic carbocycles. The third-order valence-corrected chi connectivity index (χ3v) is 11.3. The second kappa shape index (κ2) is 18.3. The number of nitrogens with zero attached hydrogens (tertiary/aromatic N) is 4. The number of para-hydroxylation sites is 1.